The molecule has 2 amide bonds. The third-order valence-corrected chi connectivity index (χ3v) is 6.50. The summed E-state index contributed by atoms with van der Waals surface area (Å²) >= 11 is 3.16. The molecule has 9 heteroatoms. The Labute approximate surface area is 192 Å². The monoisotopic (exact) mass is 545 g/mol. The predicted molar refractivity (Wildman–Crippen MR) is 125 cm³/mol. The van der Waals surface area contributed by atoms with E-state index in [1.54, 1.807) is 26.0 Å². The van der Waals surface area contributed by atoms with E-state index in [0.29, 0.717) is 34.0 Å². The van der Waals surface area contributed by atoms with Crippen molar-refractivity contribution in [3.8, 4) is 0 Å². The lowest BCUT2D eigenvalue weighted by Gasteiger charge is -2.23. The molecule has 3 rings (SSSR count). The number of fused-ring (bicyclic) bond motifs is 1. The van der Waals surface area contributed by atoms with E-state index in [9.17, 15) is 19.1 Å². The van der Waals surface area contributed by atoms with Gasteiger partial charge in [-0.15, -0.1) is 11.3 Å². The Hall–Kier alpha value is -1.72. The molecule has 0 bridgehead atoms. The number of rotatable bonds is 5. The van der Waals surface area contributed by atoms with Crippen LogP contribution in [0.25, 0.3) is 0 Å². The molecule has 0 atom stereocenters. The Balaban J connectivity index is 2.08. The summed E-state index contributed by atoms with van der Waals surface area (Å²) in [6.45, 7) is 7.76. The number of nitrogens with one attached hydrogen (secondary N) is 3. The summed E-state index contributed by atoms with van der Waals surface area (Å²) < 4.78 is 15.2. The molecule has 6 nitrogen and oxygen atoms in total. The van der Waals surface area contributed by atoms with Gasteiger partial charge in [-0.3, -0.25) is 9.59 Å². The number of halogens is 2. The van der Waals surface area contributed by atoms with Gasteiger partial charge in [0, 0.05) is 16.7 Å². The van der Waals surface area contributed by atoms with Crippen LogP contribution in [0.4, 0.5) is 15.1 Å². The van der Waals surface area contributed by atoms with Gasteiger partial charge in [0.25, 0.3) is 11.8 Å². The second-order valence-corrected chi connectivity index (χ2v) is 11.1. The summed E-state index contributed by atoms with van der Waals surface area (Å²) in [5, 5.41) is 19.1. The number of carbonyl (C=O) groups excluding carboxylic acids is 2. The minimum Gasteiger partial charge on any atom is -0.389 e. The van der Waals surface area contributed by atoms with Gasteiger partial charge in [-0.05, 0) is 72.0 Å². The second kappa shape index (κ2) is 8.43. The molecule has 0 saturated heterocycles. The first-order valence-corrected chi connectivity index (χ1v) is 11.4. The molecule has 0 saturated carbocycles. The average Bonchev–Trinajstić information content (AvgIpc) is 2.91. The first kappa shape index (κ1) is 23.0. The quantitative estimate of drug-likeness (QED) is 0.427. The van der Waals surface area contributed by atoms with Crippen molar-refractivity contribution in [1.82, 2.24) is 10.6 Å². The van der Waals surface area contributed by atoms with Crippen molar-refractivity contribution in [2.75, 3.05) is 18.4 Å². The van der Waals surface area contributed by atoms with Crippen LogP contribution >= 0.6 is 33.9 Å². The highest BCUT2D eigenvalue weighted by atomic mass is 127. The van der Waals surface area contributed by atoms with Gasteiger partial charge < -0.3 is 21.1 Å². The lowest BCUT2D eigenvalue weighted by Crippen LogP contribution is -2.38. The Morgan fingerprint density at radius 3 is 2.73 bits per heavy atom. The molecule has 2 heterocycles. The maximum absolute atomic E-state index is 14.4. The van der Waals surface area contributed by atoms with Crippen LogP contribution in [0.3, 0.4) is 0 Å². The van der Waals surface area contributed by atoms with E-state index in [-0.39, 0.29) is 23.6 Å². The number of hydrogen-bond acceptors (Lipinski definition) is 5. The SMILES string of the molecule is CC(C)(O)CNC(=O)c1c(Nc2ccc(I)cc2F)sc2c1CC(C)(C)CNC2=O. The average molecular weight is 545 g/mol. The zero-order chi connectivity index (χ0) is 22.3. The smallest absolute Gasteiger partial charge is 0.261 e. The van der Waals surface area contributed by atoms with Gasteiger partial charge in [0.15, 0.2) is 0 Å². The highest BCUT2D eigenvalue weighted by Crippen LogP contribution is 2.40. The number of amides is 2. The molecule has 1 aromatic heterocycles. The minimum atomic E-state index is -1.09. The predicted octanol–water partition coefficient (Wildman–Crippen LogP) is 4.05. The van der Waals surface area contributed by atoms with Crippen molar-refractivity contribution in [2.45, 2.75) is 39.7 Å². The van der Waals surface area contributed by atoms with Crippen LogP contribution in [0.15, 0.2) is 18.2 Å². The van der Waals surface area contributed by atoms with Crippen molar-refractivity contribution in [3.63, 3.8) is 0 Å². The molecule has 4 N–H and O–H groups in total. The number of hydrogen-bond donors (Lipinski definition) is 4. The van der Waals surface area contributed by atoms with Crippen molar-refractivity contribution in [1.29, 1.82) is 0 Å². The second-order valence-electron chi connectivity index (χ2n) is 8.88. The van der Waals surface area contributed by atoms with E-state index >= 15 is 0 Å². The molecule has 162 valence electrons. The summed E-state index contributed by atoms with van der Waals surface area (Å²) in [5.41, 5.74) is -0.152. The van der Waals surface area contributed by atoms with Gasteiger partial charge in [0.05, 0.1) is 21.7 Å². The Morgan fingerprint density at radius 1 is 1.40 bits per heavy atom. The van der Waals surface area contributed by atoms with Gasteiger partial charge in [-0.1, -0.05) is 13.8 Å². The Kier molecular flexibility index (Phi) is 6.45. The van der Waals surface area contributed by atoms with E-state index in [1.807, 2.05) is 36.4 Å². The summed E-state index contributed by atoms with van der Waals surface area (Å²) in [6, 6.07) is 4.75. The van der Waals surface area contributed by atoms with Gasteiger partial charge in [0.2, 0.25) is 0 Å². The highest BCUT2D eigenvalue weighted by Gasteiger charge is 2.35. The fourth-order valence-corrected chi connectivity index (χ4v) is 4.78. The summed E-state index contributed by atoms with van der Waals surface area (Å²) in [5.74, 6) is -1.10. The van der Waals surface area contributed by atoms with Gasteiger partial charge in [-0.2, -0.15) is 0 Å². The summed E-state index contributed by atoms with van der Waals surface area (Å²) in [4.78, 5) is 26.3. The molecule has 0 spiro atoms. The first-order chi connectivity index (χ1) is 13.9. The molecule has 1 aromatic carbocycles. The zero-order valence-electron chi connectivity index (χ0n) is 17.3. The van der Waals surface area contributed by atoms with Crippen LogP contribution in [0, 0.1) is 14.8 Å². The summed E-state index contributed by atoms with van der Waals surface area (Å²) in [6.07, 6.45) is 0.514. The maximum atomic E-state index is 14.4. The molecule has 30 heavy (non-hydrogen) atoms. The molecule has 0 unspecified atom stereocenters. The van der Waals surface area contributed by atoms with Gasteiger partial charge in [0.1, 0.15) is 10.8 Å². The molecule has 0 radical (unpaired) electrons. The third kappa shape index (κ3) is 5.30. The normalized spacial score (nSPS) is 15.8. The standard InChI is InChI=1S/C21H25FIN3O3S/c1-20(2)8-12-15(17(27)25-10-21(3,4)29)19(30-16(12)18(28)24-9-20)26-14-6-5-11(23)7-13(14)22/h5-7,26,29H,8-10H2,1-4H3,(H,24,28)(H,25,27). The van der Waals surface area contributed by atoms with Crippen LogP contribution < -0.4 is 16.0 Å². The number of anilines is 2. The van der Waals surface area contributed by atoms with E-state index in [1.165, 1.54) is 6.07 Å². The molecule has 2 aromatic rings. The van der Waals surface area contributed by atoms with Crippen LogP contribution in [0.1, 0.15) is 53.3 Å². The molecule has 1 aliphatic rings. The van der Waals surface area contributed by atoms with E-state index in [2.05, 4.69) is 16.0 Å². The van der Waals surface area contributed by atoms with Gasteiger partial charge in [-0.25, -0.2) is 4.39 Å². The fraction of sp³-hybridized carbons (Fsp3) is 0.429. The van der Waals surface area contributed by atoms with E-state index < -0.39 is 17.3 Å². The van der Waals surface area contributed by atoms with Crippen molar-refractivity contribution >= 4 is 56.4 Å². The minimum absolute atomic E-state index is 0.0450. The molecule has 1 aliphatic heterocycles. The van der Waals surface area contributed by atoms with Crippen LogP contribution in [0.5, 0.6) is 0 Å². The molecule has 0 aliphatic carbocycles. The van der Waals surface area contributed by atoms with Crippen LogP contribution in [0.2, 0.25) is 0 Å². The number of benzene rings is 1. The lowest BCUT2D eigenvalue weighted by atomic mass is 9.85. The molecular formula is C21H25FIN3O3S. The van der Waals surface area contributed by atoms with Crippen molar-refractivity contribution < 1.29 is 19.1 Å². The Bertz CT molecular complexity index is 998. The fourth-order valence-electron chi connectivity index (χ4n) is 3.18. The van der Waals surface area contributed by atoms with E-state index in [4.69, 9.17) is 0 Å². The van der Waals surface area contributed by atoms with Crippen LogP contribution in [-0.4, -0.2) is 35.6 Å². The zero-order valence-corrected chi connectivity index (χ0v) is 20.3. The first-order valence-electron chi connectivity index (χ1n) is 9.53. The van der Waals surface area contributed by atoms with E-state index in [0.717, 1.165) is 14.9 Å². The Morgan fingerprint density at radius 2 is 2.10 bits per heavy atom. The summed E-state index contributed by atoms with van der Waals surface area (Å²) in [7, 11) is 0. The number of thiophene rings is 1. The largest absolute Gasteiger partial charge is 0.389 e. The molecule has 0 fully saturated rings. The topological polar surface area (TPSA) is 90.5 Å². The van der Waals surface area contributed by atoms with Crippen molar-refractivity contribution in [3.05, 3.63) is 43.6 Å². The van der Waals surface area contributed by atoms with Crippen LogP contribution in [-0.2, 0) is 6.42 Å². The lowest BCUT2D eigenvalue weighted by molar-refractivity contribution is 0.0694. The molecular weight excluding hydrogens is 520 g/mol. The third-order valence-electron chi connectivity index (χ3n) is 4.68. The number of aliphatic hydroxyl groups is 1. The maximum Gasteiger partial charge on any atom is 0.261 e. The highest BCUT2D eigenvalue weighted by molar-refractivity contribution is 14.1. The number of carbonyl (C=O) groups is 2. The van der Waals surface area contributed by atoms with Crippen molar-refractivity contribution in [2.24, 2.45) is 5.41 Å². The van der Waals surface area contributed by atoms with Gasteiger partial charge >= 0.3 is 0 Å².